The molecule has 2 aliphatic heterocycles. The van der Waals surface area contributed by atoms with E-state index in [-0.39, 0.29) is 0 Å². The largest absolute Gasteiger partial charge is 0.303 e. The van der Waals surface area contributed by atoms with Crippen molar-refractivity contribution in [2.45, 2.75) is 81.7 Å². The highest BCUT2D eigenvalue weighted by molar-refractivity contribution is 5.00. The zero-order valence-electron chi connectivity index (χ0n) is 18.2. The third kappa shape index (κ3) is 4.39. The van der Waals surface area contributed by atoms with Gasteiger partial charge in [0.15, 0.2) is 0 Å². The average Bonchev–Trinajstić information content (AvgIpc) is 2.67. The number of nitrogens with zero attached hydrogens (tertiary/aromatic N) is 4. The minimum Gasteiger partial charge on any atom is -0.303 e. The first-order valence-corrected chi connectivity index (χ1v) is 12.0. The van der Waals surface area contributed by atoms with Gasteiger partial charge in [0.1, 0.15) is 0 Å². The predicted octanol–water partition coefficient (Wildman–Crippen LogP) is 3.28. The maximum absolute atomic E-state index is 2.93. The van der Waals surface area contributed by atoms with Crippen LogP contribution in [-0.2, 0) is 0 Å². The van der Waals surface area contributed by atoms with Gasteiger partial charge in [0.25, 0.3) is 0 Å². The van der Waals surface area contributed by atoms with E-state index in [9.17, 15) is 0 Å². The molecule has 0 bridgehead atoms. The topological polar surface area (TPSA) is 13.0 Å². The Morgan fingerprint density at radius 3 is 1.37 bits per heavy atom. The van der Waals surface area contributed by atoms with Crippen LogP contribution in [0, 0.1) is 0 Å². The van der Waals surface area contributed by atoms with Crippen LogP contribution in [0.4, 0.5) is 0 Å². The van der Waals surface area contributed by atoms with Crippen molar-refractivity contribution in [1.82, 2.24) is 19.6 Å². The second-order valence-electron chi connectivity index (χ2n) is 10.4. The minimum absolute atomic E-state index is 0.510. The summed E-state index contributed by atoms with van der Waals surface area (Å²) in [6.07, 6.45) is 15.9. The summed E-state index contributed by atoms with van der Waals surface area (Å²) in [7, 11) is 4.68. The fraction of sp³-hybridized carbons (Fsp3) is 1.00. The molecule has 4 heteroatoms. The van der Waals surface area contributed by atoms with Crippen LogP contribution in [0.2, 0.25) is 0 Å². The first kappa shape index (κ1) is 20.1. The Morgan fingerprint density at radius 2 is 0.963 bits per heavy atom. The van der Waals surface area contributed by atoms with Crippen molar-refractivity contribution in [3.8, 4) is 0 Å². The first-order valence-electron chi connectivity index (χ1n) is 12.0. The zero-order chi connectivity index (χ0) is 18.7. The maximum Gasteiger partial charge on any atom is 0.0336 e. The van der Waals surface area contributed by atoms with Gasteiger partial charge >= 0.3 is 0 Å². The summed E-state index contributed by atoms with van der Waals surface area (Å²) in [6.45, 7) is 10.4. The number of piperazine rings is 2. The van der Waals surface area contributed by atoms with E-state index in [2.05, 4.69) is 33.7 Å². The first-order chi connectivity index (χ1) is 13.1. The molecule has 0 unspecified atom stereocenters. The highest BCUT2D eigenvalue weighted by atomic mass is 15.3. The maximum atomic E-state index is 2.93. The van der Waals surface area contributed by atoms with E-state index in [0.717, 1.165) is 0 Å². The van der Waals surface area contributed by atoms with Gasteiger partial charge < -0.3 is 9.80 Å². The molecular weight excluding hydrogens is 332 g/mol. The van der Waals surface area contributed by atoms with Gasteiger partial charge in [-0.25, -0.2) is 0 Å². The fourth-order valence-corrected chi connectivity index (χ4v) is 6.94. The second-order valence-corrected chi connectivity index (χ2v) is 10.4. The molecule has 0 radical (unpaired) electrons. The Hall–Kier alpha value is -0.160. The number of likely N-dealkylation sites (N-methyl/N-ethyl adjacent to an activating group) is 2. The normalized spacial score (nSPS) is 30.9. The summed E-state index contributed by atoms with van der Waals surface area (Å²) < 4.78 is 0. The molecule has 0 aromatic rings. The third-order valence-electron chi connectivity index (χ3n) is 8.40. The molecule has 156 valence electrons. The molecular formula is C23H44N4. The van der Waals surface area contributed by atoms with Crippen LogP contribution in [0.3, 0.4) is 0 Å². The monoisotopic (exact) mass is 376 g/mol. The number of hydrogen-bond acceptors (Lipinski definition) is 4. The quantitative estimate of drug-likeness (QED) is 0.746. The van der Waals surface area contributed by atoms with Gasteiger partial charge in [0.2, 0.25) is 0 Å². The molecule has 4 nitrogen and oxygen atoms in total. The van der Waals surface area contributed by atoms with Crippen LogP contribution in [0.15, 0.2) is 0 Å². The number of hydrogen-bond donors (Lipinski definition) is 0. The van der Waals surface area contributed by atoms with Gasteiger partial charge in [-0.2, -0.15) is 0 Å². The van der Waals surface area contributed by atoms with Gasteiger partial charge in [-0.1, -0.05) is 38.5 Å². The standard InChI is InChI=1S/C23H44N4/c1-24-16-18-26(22(20-24)10-5-3-6-11-22)14-9-15-27-19-17-25(2)21-23(27)12-7-4-8-13-23/h3-21H2,1-2H3. The van der Waals surface area contributed by atoms with E-state index >= 15 is 0 Å². The highest BCUT2D eigenvalue weighted by Crippen LogP contribution is 2.38. The van der Waals surface area contributed by atoms with E-state index in [0.29, 0.717) is 11.1 Å². The SMILES string of the molecule is CN1CCN(CCCN2CCN(C)CC23CCCCC3)C2(CCCCC2)C1. The summed E-state index contributed by atoms with van der Waals surface area (Å²) in [4.78, 5) is 11.0. The van der Waals surface area contributed by atoms with E-state index in [1.807, 2.05) is 0 Å². The molecule has 2 aliphatic carbocycles. The summed E-state index contributed by atoms with van der Waals surface area (Å²) in [6, 6.07) is 0. The second kappa shape index (κ2) is 8.69. The third-order valence-corrected chi connectivity index (χ3v) is 8.40. The molecule has 2 saturated heterocycles. The van der Waals surface area contributed by atoms with E-state index in [4.69, 9.17) is 0 Å². The van der Waals surface area contributed by atoms with E-state index < -0.39 is 0 Å². The molecule has 4 rings (SSSR count). The van der Waals surface area contributed by atoms with Crippen molar-refractivity contribution in [2.24, 2.45) is 0 Å². The molecule has 4 fully saturated rings. The van der Waals surface area contributed by atoms with Crippen molar-refractivity contribution in [3.63, 3.8) is 0 Å². The smallest absolute Gasteiger partial charge is 0.0336 e. The molecule has 2 saturated carbocycles. The molecule has 0 amide bonds. The Morgan fingerprint density at radius 1 is 0.556 bits per heavy atom. The molecule has 27 heavy (non-hydrogen) atoms. The van der Waals surface area contributed by atoms with E-state index in [1.165, 1.54) is 123 Å². The molecule has 0 atom stereocenters. The van der Waals surface area contributed by atoms with E-state index in [1.54, 1.807) is 0 Å². The Balaban J connectivity index is 1.35. The van der Waals surface area contributed by atoms with Crippen molar-refractivity contribution in [1.29, 1.82) is 0 Å². The molecule has 0 aromatic heterocycles. The van der Waals surface area contributed by atoms with Gasteiger partial charge in [-0.05, 0) is 46.2 Å². The Labute approximate surface area is 168 Å². The lowest BCUT2D eigenvalue weighted by atomic mass is 9.78. The highest BCUT2D eigenvalue weighted by Gasteiger charge is 2.43. The van der Waals surface area contributed by atoms with Gasteiger partial charge in [0.05, 0.1) is 0 Å². The van der Waals surface area contributed by atoms with Crippen molar-refractivity contribution >= 4 is 0 Å². The molecule has 0 aromatic carbocycles. The van der Waals surface area contributed by atoms with Crippen LogP contribution >= 0.6 is 0 Å². The lowest BCUT2D eigenvalue weighted by molar-refractivity contribution is -0.0359. The average molecular weight is 377 g/mol. The summed E-state index contributed by atoms with van der Waals surface area (Å²) in [5.74, 6) is 0. The molecule has 2 heterocycles. The van der Waals surface area contributed by atoms with Gasteiger partial charge in [-0.3, -0.25) is 9.80 Å². The van der Waals surface area contributed by atoms with Crippen LogP contribution in [0.25, 0.3) is 0 Å². The Bertz CT molecular complexity index is 425. The van der Waals surface area contributed by atoms with Crippen LogP contribution in [0.5, 0.6) is 0 Å². The van der Waals surface area contributed by atoms with Gasteiger partial charge in [-0.15, -0.1) is 0 Å². The van der Waals surface area contributed by atoms with Crippen LogP contribution < -0.4 is 0 Å². The summed E-state index contributed by atoms with van der Waals surface area (Å²) in [5, 5.41) is 0. The molecule has 2 spiro atoms. The predicted molar refractivity (Wildman–Crippen MR) is 114 cm³/mol. The summed E-state index contributed by atoms with van der Waals surface area (Å²) in [5.41, 5.74) is 1.02. The lowest BCUT2D eigenvalue weighted by Gasteiger charge is -2.54. The van der Waals surface area contributed by atoms with Crippen LogP contribution in [0.1, 0.15) is 70.6 Å². The van der Waals surface area contributed by atoms with Crippen LogP contribution in [-0.4, -0.2) is 97.1 Å². The van der Waals surface area contributed by atoms with Crippen molar-refractivity contribution in [2.75, 3.05) is 66.5 Å². The number of rotatable bonds is 4. The van der Waals surface area contributed by atoms with Crippen molar-refractivity contribution < 1.29 is 0 Å². The zero-order valence-corrected chi connectivity index (χ0v) is 18.2. The minimum atomic E-state index is 0.510. The lowest BCUT2D eigenvalue weighted by Crippen LogP contribution is -2.63. The summed E-state index contributed by atoms with van der Waals surface area (Å²) >= 11 is 0. The molecule has 0 N–H and O–H groups in total. The van der Waals surface area contributed by atoms with Crippen molar-refractivity contribution in [3.05, 3.63) is 0 Å². The molecule has 4 aliphatic rings. The fourth-order valence-electron chi connectivity index (χ4n) is 6.94. The van der Waals surface area contributed by atoms with Gasteiger partial charge in [0, 0.05) is 63.4 Å². The Kier molecular flexibility index (Phi) is 6.48.